The van der Waals surface area contributed by atoms with Crippen LogP contribution in [0.5, 0.6) is 5.75 Å². The van der Waals surface area contributed by atoms with Crippen LogP contribution in [0.1, 0.15) is 11.3 Å². The van der Waals surface area contributed by atoms with E-state index in [-0.39, 0.29) is 0 Å². The molecule has 88 valence electrons. The third-order valence-electron chi connectivity index (χ3n) is 2.31. The molecule has 0 saturated heterocycles. The van der Waals surface area contributed by atoms with E-state index in [1.54, 1.807) is 18.3 Å². The maximum absolute atomic E-state index is 5.78. The van der Waals surface area contributed by atoms with Crippen LogP contribution >= 0.6 is 11.6 Å². The van der Waals surface area contributed by atoms with Gasteiger partial charge in [-0.05, 0) is 30.3 Å². The van der Waals surface area contributed by atoms with Crippen LogP contribution in [0, 0.1) is 0 Å². The SMILES string of the molecule is NCc1ccc(COc2ccc(Cl)cc2)cn1. The molecule has 0 saturated carbocycles. The number of aromatic nitrogens is 1. The molecule has 2 aromatic rings. The molecule has 0 spiro atoms. The summed E-state index contributed by atoms with van der Waals surface area (Å²) < 4.78 is 5.59. The minimum Gasteiger partial charge on any atom is -0.489 e. The topological polar surface area (TPSA) is 48.1 Å². The lowest BCUT2D eigenvalue weighted by Gasteiger charge is -2.06. The number of nitrogens with two attached hydrogens (primary N) is 1. The summed E-state index contributed by atoms with van der Waals surface area (Å²) >= 11 is 5.78. The van der Waals surface area contributed by atoms with E-state index in [2.05, 4.69) is 4.98 Å². The molecule has 1 heterocycles. The fraction of sp³-hybridized carbons (Fsp3) is 0.154. The van der Waals surface area contributed by atoms with Crippen LogP contribution < -0.4 is 10.5 Å². The molecule has 0 unspecified atom stereocenters. The summed E-state index contributed by atoms with van der Waals surface area (Å²) in [6.07, 6.45) is 1.78. The molecule has 0 aliphatic heterocycles. The van der Waals surface area contributed by atoms with Gasteiger partial charge in [-0.3, -0.25) is 4.98 Å². The molecule has 1 aromatic carbocycles. The van der Waals surface area contributed by atoms with Gasteiger partial charge in [-0.15, -0.1) is 0 Å². The summed E-state index contributed by atoms with van der Waals surface area (Å²) in [6.45, 7) is 0.942. The quantitative estimate of drug-likeness (QED) is 0.905. The Bertz CT molecular complexity index is 468. The molecule has 0 amide bonds. The van der Waals surface area contributed by atoms with E-state index < -0.39 is 0 Å². The van der Waals surface area contributed by atoms with Crippen molar-refractivity contribution in [2.45, 2.75) is 13.2 Å². The number of hydrogen-bond acceptors (Lipinski definition) is 3. The second-order valence-electron chi connectivity index (χ2n) is 3.60. The predicted molar refractivity (Wildman–Crippen MR) is 67.9 cm³/mol. The van der Waals surface area contributed by atoms with E-state index in [0.29, 0.717) is 18.2 Å². The minimum atomic E-state index is 0.457. The van der Waals surface area contributed by atoms with Crippen molar-refractivity contribution >= 4 is 11.6 Å². The number of pyridine rings is 1. The van der Waals surface area contributed by atoms with Crippen molar-refractivity contribution < 1.29 is 4.74 Å². The van der Waals surface area contributed by atoms with E-state index in [1.807, 2.05) is 24.3 Å². The van der Waals surface area contributed by atoms with Crippen LogP contribution in [0.25, 0.3) is 0 Å². The Balaban J connectivity index is 1.95. The Morgan fingerprint density at radius 3 is 2.47 bits per heavy atom. The number of benzene rings is 1. The fourth-order valence-corrected chi connectivity index (χ4v) is 1.48. The molecule has 3 nitrogen and oxygen atoms in total. The van der Waals surface area contributed by atoms with Crippen molar-refractivity contribution in [3.05, 3.63) is 58.9 Å². The van der Waals surface area contributed by atoms with Crippen molar-refractivity contribution in [3.63, 3.8) is 0 Å². The third-order valence-corrected chi connectivity index (χ3v) is 2.57. The maximum atomic E-state index is 5.78. The summed E-state index contributed by atoms with van der Waals surface area (Å²) in [7, 11) is 0. The Morgan fingerprint density at radius 1 is 1.12 bits per heavy atom. The molecule has 2 rings (SSSR count). The van der Waals surface area contributed by atoms with Crippen LogP contribution in [0.3, 0.4) is 0 Å². The van der Waals surface area contributed by atoms with E-state index >= 15 is 0 Å². The number of nitrogens with zero attached hydrogens (tertiary/aromatic N) is 1. The molecule has 0 aliphatic rings. The number of ether oxygens (including phenoxy) is 1. The molecule has 2 N–H and O–H groups in total. The van der Waals surface area contributed by atoms with Crippen molar-refractivity contribution in [3.8, 4) is 5.75 Å². The lowest BCUT2D eigenvalue weighted by atomic mass is 10.2. The van der Waals surface area contributed by atoms with Crippen molar-refractivity contribution in [2.24, 2.45) is 5.73 Å². The van der Waals surface area contributed by atoms with Crippen LogP contribution in [0.2, 0.25) is 5.02 Å². The Hall–Kier alpha value is -1.58. The zero-order valence-electron chi connectivity index (χ0n) is 9.27. The van der Waals surface area contributed by atoms with Gasteiger partial charge < -0.3 is 10.5 Å². The van der Waals surface area contributed by atoms with Gasteiger partial charge >= 0.3 is 0 Å². The second-order valence-corrected chi connectivity index (χ2v) is 4.04. The Labute approximate surface area is 105 Å². The first-order chi connectivity index (χ1) is 8.28. The normalized spacial score (nSPS) is 10.2. The molecule has 4 heteroatoms. The van der Waals surface area contributed by atoms with Crippen LogP contribution in [0.4, 0.5) is 0 Å². The lowest BCUT2D eigenvalue weighted by molar-refractivity contribution is 0.305. The van der Waals surface area contributed by atoms with Crippen molar-refractivity contribution in [2.75, 3.05) is 0 Å². The van der Waals surface area contributed by atoms with E-state index in [1.165, 1.54) is 0 Å². The number of hydrogen-bond donors (Lipinski definition) is 1. The maximum Gasteiger partial charge on any atom is 0.119 e. The van der Waals surface area contributed by atoms with Crippen LogP contribution in [0.15, 0.2) is 42.6 Å². The molecule has 17 heavy (non-hydrogen) atoms. The second kappa shape index (κ2) is 5.66. The number of rotatable bonds is 4. The summed E-state index contributed by atoms with van der Waals surface area (Å²) in [5, 5.41) is 0.700. The highest BCUT2D eigenvalue weighted by Gasteiger charge is 1.97. The third kappa shape index (κ3) is 3.44. The molecule has 0 bridgehead atoms. The van der Waals surface area contributed by atoms with Gasteiger partial charge in [0.25, 0.3) is 0 Å². The molecule has 0 aliphatic carbocycles. The van der Waals surface area contributed by atoms with Gasteiger partial charge in [0.1, 0.15) is 12.4 Å². The highest BCUT2D eigenvalue weighted by atomic mass is 35.5. The predicted octanol–water partition coefficient (Wildman–Crippen LogP) is 2.77. The zero-order valence-corrected chi connectivity index (χ0v) is 10.0. The highest BCUT2D eigenvalue weighted by molar-refractivity contribution is 6.30. The van der Waals surface area contributed by atoms with Gasteiger partial charge in [0.15, 0.2) is 0 Å². The first-order valence-electron chi connectivity index (χ1n) is 5.30. The molecule has 1 aromatic heterocycles. The van der Waals surface area contributed by atoms with Gasteiger partial charge in [0.05, 0.1) is 5.69 Å². The first-order valence-corrected chi connectivity index (χ1v) is 5.68. The summed E-state index contributed by atoms with van der Waals surface area (Å²) in [5.41, 5.74) is 7.36. The Morgan fingerprint density at radius 2 is 1.88 bits per heavy atom. The van der Waals surface area contributed by atoms with Gasteiger partial charge in [-0.25, -0.2) is 0 Å². The first kappa shape index (κ1) is 11.9. The van der Waals surface area contributed by atoms with Crippen LogP contribution in [-0.2, 0) is 13.2 Å². The smallest absolute Gasteiger partial charge is 0.119 e. The molecule has 0 radical (unpaired) electrons. The van der Waals surface area contributed by atoms with Crippen molar-refractivity contribution in [1.29, 1.82) is 0 Å². The van der Waals surface area contributed by atoms with Gasteiger partial charge in [0, 0.05) is 23.3 Å². The summed E-state index contributed by atoms with van der Waals surface area (Å²) in [5.74, 6) is 0.789. The average Bonchev–Trinajstić information content (AvgIpc) is 2.39. The highest BCUT2D eigenvalue weighted by Crippen LogP contribution is 2.16. The van der Waals surface area contributed by atoms with Gasteiger partial charge in [-0.2, -0.15) is 0 Å². The van der Waals surface area contributed by atoms with Gasteiger partial charge in [-0.1, -0.05) is 17.7 Å². The molecule has 0 atom stereocenters. The lowest BCUT2D eigenvalue weighted by Crippen LogP contribution is -2.01. The monoisotopic (exact) mass is 248 g/mol. The molecular formula is C13H13ClN2O. The standard InChI is InChI=1S/C13H13ClN2O/c14-11-2-5-13(6-3-11)17-9-10-1-4-12(7-15)16-8-10/h1-6,8H,7,9,15H2. The van der Waals surface area contributed by atoms with E-state index in [4.69, 9.17) is 22.1 Å². The summed E-state index contributed by atoms with van der Waals surface area (Å²) in [6, 6.07) is 11.1. The Kier molecular flexibility index (Phi) is 3.96. The van der Waals surface area contributed by atoms with Crippen molar-refractivity contribution in [1.82, 2.24) is 4.98 Å². The van der Waals surface area contributed by atoms with E-state index in [9.17, 15) is 0 Å². The van der Waals surface area contributed by atoms with E-state index in [0.717, 1.165) is 17.0 Å². The molecule has 0 fully saturated rings. The number of halogens is 1. The largest absolute Gasteiger partial charge is 0.489 e. The van der Waals surface area contributed by atoms with Gasteiger partial charge in [0.2, 0.25) is 0 Å². The molecular weight excluding hydrogens is 236 g/mol. The minimum absolute atomic E-state index is 0.457. The average molecular weight is 249 g/mol. The summed E-state index contributed by atoms with van der Waals surface area (Å²) in [4.78, 5) is 4.20. The fourth-order valence-electron chi connectivity index (χ4n) is 1.36. The zero-order chi connectivity index (χ0) is 12.1. The van der Waals surface area contributed by atoms with Crippen LogP contribution in [-0.4, -0.2) is 4.98 Å².